The Morgan fingerprint density at radius 3 is 1.67 bits per heavy atom. The van der Waals surface area contributed by atoms with E-state index in [0.29, 0.717) is 3.92 Å². The topological polar surface area (TPSA) is 20.2 Å². The Balaban J connectivity index is 2.99. The standard InChI is InChI=1S/C3H6I2O/c1-2(4)3(5)6/h2-3,6H,1H3. The fourth-order valence-corrected chi connectivity index (χ4v) is 0. The summed E-state index contributed by atoms with van der Waals surface area (Å²) in [5.41, 5.74) is 0. The molecular formula is C3H6I2O. The van der Waals surface area contributed by atoms with Crippen molar-refractivity contribution in [2.24, 2.45) is 0 Å². The summed E-state index contributed by atoms with van der Waals surface area (Å²) in [6.45, 7) is 1.97. The number of aliphatic hydroxyl groups is 1. The first-order chi connectivity index (χ1) is 2.64. The highest BCUT2D eigenvalue weighted by molar-refractivity contribution is 14.1. The minimum absolute atomic E-state index is 0.191. The Hall–Kier alpha value is 1.42. The molecular weight excluding hydrogens is 306 g/mol. The summed E-state index contributed by atoms with van der Waals surface area (Å²) in [6, 6.07) is 0. The van der Waals surface area contributed by atoms with Gasteiger partial charge < -0.3 is 5.11 Å². The molecule has 1 N–H and O–H groups in total. The molecule has 0 aliphatic carbocycles. The second-order valence-corrected chi connectivity index (χ2v) is 4.29. The van der Waals surface area contributed by atoms with Crippen LogP contribution in [0.4, 0.5) is 0 Å². The highest BCUT2D eigenvalue weighted by atomic mass is 127. The minimum atomic E-state index is -0.191. The van der Waals surface area contributed by atoms with Gasteiger partial charge in [0.2, 0.25) is 0 Å². The van der Waals surface area contributed by atoms with Crippen molar-refractivity contribution in [1.82, 2.24) is 0 Å². The predicted molar refractivity (Wildman–Crippen MR) is 43.5 cm³/mol. The molecule has 2 unspecified atom stereocenters. The predicted octanol–water partition coefficient (Wildman–Crippen LogP) is 1.56. The van der Waals surface area contributed by atoms with E-state index in [2.05, 4.69) is 22.6 Å². The van der Waals surface area contributed by atoms with Crippen molar-refractivity contribution in [3.63, 3.8) is 0 Å². The molecule has 0 aromatic carbocycles. The molecule has 0 rings (SSSR count). The monoisotopic (exact) mass is 312 g/mol. The minimum Gasteiger partial charge on any atom is -0.382 e. The summed E-state index contributed by atoms with van der Waals surface area (Å²) in [6.07, 6.45) is 0. The lowest BCUT2D eigenvalue weighted by atomic mass is 10.5. The van der Waals surface area contributed by atoms with Crippen LogP contribution in [0.1, 0.15) is 6.92 Å². The molecule has 0 bridgehead atoms. The first kappa shape index (κ1) is 7.42. The first-order valence-electron chi connectivity index (χ1n) is 1.61. The highest BCUT2D eigenvalue weighted by Crippen LogP contribution is 2.09. The fraction of sp³-hybridized carbons (Fsp3) is 1.00. The lowest BCUT2D eigenvalue weighted by Gasteiger charge is -2.00. The number of hydrogen-bond acceptors (Lipinski definition) is 1. The van der Waals surface area contributed by atoms with Crippen LogP contribution in [0.15, 0.2) is 0 Å². The molecule has 0 fully saturated rings. The Bertz CT molecular complexity index is 29.8. The molecule has 2 atom stereocenters. The third-order valence-corrected chi connectivity index (χ3v) is 3.52. The Labute approximate surface area is 64.8 Å². The molecule has 0 aliphatic heterocycles. The summed E-state index contributed by atoms with van der Waals surface area (Å²) in [5, 5.41) is 8.61. The van der Waals surface area contributed by atoms with Gasteiger partial charge in [0.05, 0.1) is 0 Å². The van der Waals surface area contributed by atoms with Crippen molar-refractivity contribution in [3.8, 4) is 0 Å². The summed E-state index contributed by atoms with van der Waals surface area (Å²) in [7, 11) is 0. The van der Waals surface area contributed by atoms with Gasteiger partial charge in [0.25, 0.3) is 0 Å². The van der Waals surface area contributed by atoms with E-state index < -0.39 is 0 Å². The lowest BCUT2D eigenvalue weighted by molar-refractivity contribution is 0.285. The van der Waals surface area contributed by atoms with Crippen LogP contribution in [0.5, 0.6) is 0 Å². The van der Waals surface area contributed by atoms with Gasteiger partial charge in [0, 0.05) is 3.92 Å². The first-order valence-corrected chi connectivity index (χ1v) is 4.10. The fourth-order valence-electron chi connectivity index (χ4n) is 0. The van der Waals surface area contributed by atoms with Gasteiger partial charge in [-0.3, -0.25) is 0 Å². The van der Waals surface area contributed by atoms with E-state index >= 15 is 0 Å². The molecule has 0 saturated heterocycles. The van der Waals surface area contributed by atoms with E-state index in [1.165, 1.54) is 0 Å². The van der Waals surface area contributed by atoms with Crippen molar-refractivity contribution in [2.45, 2.75) is 15.0 Å². The van der Waals surface area contributed by atoms with Gasteiger partial charge in [-0.15, -0.1) is 0 Å². The molecule has 0 amide bonds. The van der Waals surface area contributed by atoms with Gasteiger partial charge >= 0.3 is 0 Å². The average molecular weight is 312 g/mol. The van der Waals surface area contributed by atoms with Crippen molar-refractivity contribution in [1.29, 1.82) is 0 Å². The molecule has 0 aromatic heterocycles. The number of rotatable bonds is 1. The maximum atomic E-state index is 8.61. The average Bonchev–Trinajstić information content (AvgIpc) is 1.36. The quantitative estimate of drug-likeness (QED) is 0.576. The summed E-state index contributed by atoms with van der Waals surface area (Å²) >= 11 is 4.16. The van der Waals surface area contributed by atoms with Crippen LogP contribution >= 0.6 is 45.2 Å². The van der Waals surface area contributed by atoms with Crippen LogP contribution in [0.2, 0.25) is 0 Å². The van der Waals surface area contributed by atoms with Crippen LogP contribution in [0.3, 0.4) is 0 Å². The van der Waals surface area contributed by atoms with E-state index in [-0.39, 0.29) is 4.11 Å². The van der Waals surface area contributed by atoms with Gasteiger partial charge in [-0.25, -0.2) is 0 Å². The third-order valence-electron chi connectivity index (χ3n) is 0.379. The molecule has 0 aromatic rings. The van der Waals surface area contributed by atoms with Gasteiger partial charge in [-0.1, -0.05) is 52.1 Å². The summed E-state index contributed by atoms with van der Waals surface area (Å²) < 4.78 is 0.173. The number of hydrogen-bond donors (Lipinski definition) is 1. The second kappa shape index (κ2) is 3.43. The zero-order chi connectivity index (χ0) is 5.15. The molecule has 1 nitrogen and oxygen atoms in total. The number of halogens is 2. The smallest absolute Gasteiger partial charge is 0.116 e. The molecule has 6 heavy (non-hydrogen) atoms. The van der Waals surface area contributed by atoms with E-state index in [1.54, 1.807) is 0 Å². The number of alkyl halides is 2. The van der Waals surface area contributed by atoms with E-state index in [4.69, 9.17) is 5.11 Å². The van der Waals surface area contributed by atoms with Crippen molar-refractivity contribution >= 4 is 45.2 Å². The SMILES string of the molecule is CC(I)C(O)I. The largest absolute Gasteiger partial charge is 0.382 e. The molecule has 0 heterocycles. The molecule has 38 valence electrons. The Morgan fingerprint density at radius 1 is 1.50 bits per heavy atom. The van der Waals surface area contributed by atoms with Gasteiger partial charge in [0.15, 0.2) is 0 Å². The molecule has 0 aliphatic rings. The van der Waals surface area contributed by atoms with Gasteiger partial charge in [0.1, 0.15) is 4.11 Å². The highest BCUT2D eigenvalue weighted by Gasteiger charge is 2.01. The molecule has 0 radical (unpaired) electrons. The van der Waals surface area contributed by atoms with Crippen molar-refractivity contribution in [2.75, 3.05) is 0 Å². The molecule has 0 saturated carbocycles. The van der Waals surface area contributed by atoms with Gasteiger partial charge in [-0.2, -0.15) is 0 Å². The normalized spacial score (nSPS) is 20.0. The van der Waals surface area contributed by atoms with Crippen LogP contribution in [-0.2, 0) is 0 Å². The van der Waals surface area contributed by atoms with Crippen molar-refractivity contribution in [3.05, 3.63) is 0 Å². The summed E-state index contributed by atoms with van der Waals surface area (Å²) in [5.74, 6) is 0. The van der Waals surface area contributed by atoms with E-state index in [1.807, 2.05) is 29.5 Å². The zero-order valence-electron chi connectivity index (χ0n) is 3.36. The molecule has 3 heteroatoms. The van der Waals surface area contributed by atoms with Crippen LogP contribution in [0, 0.1) is 0 Å². The second-order valence-electron chi connectivity index (χ2n) is 1.05. The summed E-state index contributed by atoms with van der Waals surface area (Å²) in [4.78, 5) is 0. The van der Waals surface area contributed by atoms with Crippen molar-refractivity contribution < 1.29 is 5.11 Å². The van der Waals surface area contributed by atoms with Crippen LogP contribution in [-0.4, -0.2) is 13.1 Å². The zero-order valence-corrected chi connectivity index (χ0v) is 7.67. The Kier molecular flexibility index (Phi) is 4.24. The van der Waals surface area contributed by atoms with E-state index in [9.17, 15) is 0 Å². The maximum Gasteiger partial charge on any atom is 0.116 e. The lowest BCUT2D eigenvalue weighted by Crippen LogP contribution is -2.06. The Morgan fingerprint density at radius 2 is 1.67 bits per heavy atom. The third kappa shape index (κ3) is 3.60. The molecule has 0 spiro atoms. The van der Waals surface area contributed by atoms with E-state index in [0.717, 1.165) is 0 Å². The number of aliphatic hydroxyl groups excluding tert-OH is 1. The maximum absolute atomic E-state index is 8.61. The van der Waals surface area contributed by atoms with Crippen LogP contribution in [0.25, 0.3) is 0 Å². The van der Waals surface area contributed by atoms with Crippen LogP contribution < -0.4 is 0 Å². The van der Waals surface area contributed by atoms with Gasteiger partial charge in [-0.05, 0) is 0 Å².